The Morgan fingerprint density at radius 3 is 2.50 bits per heavy atom. The Morgan fingerprint density at radius 1 is 1.23 bits per heavy atom. The molecule has 6 nitrogen and oxygen atoms in total. The molecular weight excluding hydrogens is 330 g/mol. The number of benzene rings is 1. The lowest BCUT2D eigenvalue weighted by Crippen LogP contribution is -2.49. The summed E-state index contributed by atoms with van der Waals surface area (Å²) in [5, 5.41) is 6.02. The Hall–Kier alpha value is -2.08. The minimum atomic E-state index is -0.177. The van der Waals surface area contributed by atoms with E-state index < -0.39 is 0 Å². The number of nitrogens with zero attached hydrogens (tertiary/aromatic N) is 1. The van der Waals surface area contributed by atoms with Crippen LogP contribution in [0.4, 0.5) is 5.69 Å². The second-order valence-electron chi connectivity index (χ2n) is 7.53. The summed E-state index contributed by atoms with van der Waals surface area (Å²) in [6, 6.07) is 7.41. The molecule has 0 unspecified atom stereocenters. The molecule has 1 fully saturated rings. The van der Waals surface area contributed by atoms with E-state index in [2.05, 4.69) is 22.5 Å². The molecule has 2 rings (SSSR count). The summed E-state index contributed by atoms with van der Waals surface area (Å²) in [6.45, 7) is 8.02. The van der Waals surface area contributed by atoms with E-state index in [1.165, 1.54) is 0 Å². The van der Waals surface area contributed by atoms with Gasteiger partial charge < -0.3 is 15.4 Å². The molecule has 0 spiro atoms. The van der Waals surface area contributed by atoms with Gasteiger partial charge in [-0.2, -0.15) is 0 Å². The Bertz CT molecular complexity index is 622. The zero-order valence-corrected chi connectivity index (χ0v) is 16.3. The van der Waals surface area contributed by atoms with Crippen LogP contribution < -0.4 is 15.4 Å². The van der Waals surface area contributed by atoms with Crippen LogP contribution in [0.2, 0.25) is 0 Å². The Kier molecular flexibility index (Phi) is 7.03. The first-order chi connectivity index (χ1) is 12.3. The quantitative estimate of drug-likeness (QED) is 0.783. The van der Waals surface area contributed by atoms with Gasteiger partial charge >= 0.3 is 0 Å². The number of likely N-dealkylation sites (tertiary alicyclic amines) is 1. The molecule has 1 aliphatic heterocycles. The largest absolute Gasteiger partial charge is 0.495 e. The zero-order valence-electron chi connectivity index (χ0n) is 16.3. The van der Waals surface area contributed by atoms with Gasteiger partial charge in [-0.1, -0.05) is 19.1 Å². The van der Waals surface area contributed by atoms with Gasteiger partial charge in [-0.05, 0) is 58.3 Å². The fourth-order valence-corrected chi connectivity index (χ4v) is 3.04. The van der Waals surface area contributed by atoms with E-state index in [0.29, 0.717) is 18.0 Å². The number of carbonyl (C=O) groups is 2. The third-order valence-corrected chi connectivity index (χ3v) is 5.05. The van der Waals surface area contributed by atoms with Crippen molar-refractivity contribution in [1.82, 2.24) is 10.2 Å². The van der Waals surface area contributed by atoms with E-state index in [4.69, 9.17) is 4.74 Å². The highest BCUT2D eigenvalue weighted by atomic mass is 16.5. The Morgan fingerprint density at radius 2 is 1.88 bits per heavy atom. The SMILES string of the molecule is CCC(C)(C)NC(=O)CN1CCC(C(=O)Nc2ccccc2OC)CC1. The predicted octanol–water partition coefficient (Wildman–Crippen LogP) is 2.65. The van der Waals surface area contributed by atoms with Gasteiger partial charge in [0, 0.05) is 11.5 Å². The number of nitrogens with one attached hydrogen (secondary N) is 2. The standard InChI is InChI=1S/C20H31N3O3/c1-5-20(2,3)22-18(24)14-23-12-10-15(11-13-23)19(25)21-16-8-6-7-9-17(16)26-4/h6-9,15H,5,10-14H2,1-4H3,(H,21,25)(H,22,24). The predicted molar refractivity (Wildman–Crippen MR) is 103 cm³/mol. The monoisotopic (exact) mass is 361 g/mol. The number of methoxy groups -OCH3 is 1. The lowest BCUT2D eigenvalue weighted by molar-refractivity contribution is -0.124. The highest BCUT2D eigenvalue weighted by Crippen LogP contribution is 2.25. The number of rotatable bonds is 7. The lowest BCUT2D eigenvalue weighted by Gasteiger charge is -2.32. The zero-order chi connectivity index (χ0) is 19.2. The number of hydrogen-bond donors (Lipinski definition) is 2. The first-order valence-electron chi connectivity index (χ1n) is 9.32. The van der Waals surface area contributed by atoms with Gasteiger partial charge in [0.05, 0.1) is 19.3 Å². The van der Waals surface area contributed by atoms with Crippen molar-refractivity contribution in [3.63, 3.8) is 0 Å². The number of para-hydroxylation sites is 2. The number of anilines is 1. The van der Waals surface area contributed by atoms with Gasteiger partial charge in [0.25, 0.3) is 0 Å². The van der Waals surface area contributed by atoms with Crippen LogP contribution in [0.1, 0.15) is 40.0 Å². The van der Waals surface area contributed by atoms with Crippen LogP contribution in [0, 0.1) is 5.92 Å². The highest BCUT2D eigenvalue weighted by molar-refractivity contribution is 5.94. The third-order valence-electron chi connectivity index (χ3n) is 5.05. The van der Waals surface area contributed by atoms with Crippen LogP contribution in [-0.4, -0.2) is 49.0 Å². The Labute approximate surface area is 156 Å². The van der Waals surface area contributed by atoms with Crippen LogP contribution in [0.15, 0.2) is 24.3 Å². The number of hydrogen-bond acceptors (Lipinski definition) is 4. The van der Waals surface area contributed by atoms with Gasteiger partial charge in [-0.15, -0.1) is 0 Å². The van der Waals surface area contributed by atoms with E-state index in [-0.39, 0.29) is 23.3 Å². The molecule has 0 radical (unpaired) electrons. The Balaban J connectivity index is 1.80. The average Bonchev–Trinajstić information content (AvgIpc) is 2.62. The maximum atomic E-state index is 12.5. The van der Waals surface area contributed by atoms with Crippen molar-refractivity contribution in [3.8, 4) is 5.75 Å². The van der Waals surface area contributed by atoms with Gasteiger partial charge in [0.1, 0.15) is 5.75 Å². The van der Waals surface area contributed by atoms with Crippen molar-refractivity contribution in [2.45, 2.75) is 45.6 Å². The van der Waals surface area contributed by atoms with Crippen LogP contribution in [-0.2, 0) is 9.59 Å². The molecule has 0 aliphatic carbocycles. The normalized spacial score (nSPS) is 16.2. The number of carbonyl (C=O) groups excluding carboxylic acids is 2. The van der Waals surface area contributed by atoms with Crippen molar-refractivity contribution >= 4 is 17.5 Å². The number of amides is 2. The van der Waals surface area contributed by atoms with Gasteiger partial charge in [0.2, 0.25) is 11.8 Å². The van der Waals surface area contributed by atoms with Crippen molar-refractivity contribution in [2.24, 2.45) is 5.92 Å². The molecule has 0 aromatic heterocycles. The summed E-state index contributed by atoms with van der Waals surface area (Å²) in [7, 11) is 1.59. The van der Waals surface area contributed by atoms with Crippen molar-refractivity contribution in [1.29, 1.82) is 0 Å². The summed E-state index contributed by atoms with van der Waals surface area (Å²) in [5.41, 5.74) is 0.521. The fraction of sp³-hybridized carbons (Fsp3) is 0.600. The van der Waals surface area contributed by atoms with Crippen LogP contribution >= 0.6 is 0 Å². The highest BCUT2D eigenvalue weighted by Gasteiger charge is 2.27. The minimum absolute atomic E-state index is 0.0192. The van der Waals surface area contributed by atoms with E-state index >= 15 is 0 Å². The summed E-state index contributed by atoms with van der Waals surface area (Å²) in [6.07, 6.45) is 2.40. The molecule has 0 atom stereocenters. The molecule has 6 heteroatoms. The molecule has 0 bridgehead atoms. The molecule has 1 heterocycles. The average molecular weight is 361 g/mol. The van der Waals surface area contributed by atoms with Crippen molar-refractivity contribution < 1.29 is 14.3 Å². The van der Waals surface area contributed by atoms with E-state index in [1.54, 1.807) is 7.11 Å². The molecule has 1 saturated heterocycles. The molecule has 1 aliphatic rings. The van der Waals surface area contributed by atoms with Crippen LogP contribution in [0.3, 0.4) is 0 Å². The van der Waals surface area contributed by atoms with Gasteiger partial charge in [-0.3, -0.25) is 14.5 Å². The van der Waals surface area contributed by atoms with Crippen molar-refractivity contribution in [2.75, 3.05) is 32.1 Å². The summed E-state index contributed by atoms with van der Waals surface area (Å²) in [4.78, 5) is 26.8. The van der Waals surface area contributed by atoms with E-state index in [9.17, 15) is 9.59 Å². The van der Waals surface area contributed by atoms with E-state index in [1.807, 2.05) is 38.1 Å². The molecular formula is C20H31N3O3. The molecule has 2 N–H and O–H groups in total. The van der Waals surface area contributed by atoms with Gasteiger partial charge in [-0.25, -0.2) is 0 Å². The molecule has 26 heavy (non-hydrogen) atoms. The maximum Gasteiger partial charge on any atom is 0.234 e. The van der Waals surface area contributed by atoms with Crippen molar-refractivity contribution in [3.05, 3.63) is 24.3 Å². The summed E-state index contributed by atoms with van der Waals surface area (Å²) >= 11 is 0. The second-order valence-corrected chi connectivity index (χ2v) is 7.53. The first kappa shape index (κ1) is 20.2. The number of ether oxygens (including phenoxy) is 1. The molecule has 1 aromatic carbocycles. The smallest absolute Gasteiger partial charge is 0.234 e. The molecule has 144 valence electrons. The lowest BCUT2D eigenvalue weighted by atomic mass is 9.95. The third kappa shape index (κ3) is 5.73. The van der Waals surface area contributed by atoms with E-state index in [0.717, 1.165) is 32.4 Å². The van der Waals surface area contributed by atoms with Crippen LogP contribution in [0.5, 0.6) is 5.75 Å². The second kappa shape index (κ2) is 9.03. The topological polar surface area (TPSA) is 70.7 Å². The number of piperidine rings is 1. The van der Waals surface area contributed by atoms with Crippen LogP contribution in [0.25, 0.3) is 0 Å². The first-order valence-corrected chi connectivity index (χ1v) is 9.32. The minimum Gasteiger partial charge on any atom is -0.495 e. The molecule has 2 amide bonds. The summed E-state index contributed by atoms with van der Waals surface area (Å²) < 4.78 is 5.28. The fourth-order valence-electron chi connectivity index (χ4n) is 3.04. The molecule has 1 aromatic rings. The molecule has 0 saturated carbocycles. The summed E-state index contributed by atoms with van der Waals surface area (Å²) in [5.74, 6) is 0.694. The van der Waals surface area contributed by atoms with Gasteiger partial charge in [0.15, 0.2) is 0 Å². The maximum absolute atomic E-state index is 12.5.